The molecule has 0 aliphatic carbocycles. The van der Waals surface area contributed by atoms with Crippen LogP contribution in [0, 0.1) is 0 Å². The van der Waals surface area contributed by atoms with Gasteiger partial charge in [0.25, 0.3) is 5.91 Å². The monoisotopic (exact) mass is 521 g/mol. The molecule has 0 atom stereocenters. The number of thiophene rings is 1. The van der Waals surface area contributed by atoms with Crippen molar-refractivity contribution in [2.45, 2.75) is 19.6 Å². The van der Waals surface area contributed by atoms with E-state index in [-0.39, 0.29) is 28.5 Å². The zero-order chi connectivity index (χ0) is 26.0. The predicted octanol–water partition coefficient (Wildman–Crippen LogP) is 4.80. The number of hydrogen-bond acceptors (Lipinski definition) is 7. The van der Waals surface area contributed by atoms with E-state index in [1.165, 1.54) is 12.1 Å². The van der Waals surface area contributed by atoms with Crippen LogP contribution in [0.4, 0.5) is 18.2 Å². The van der Waals surface area contributed by atoms with Crippen LogP contribution in [0.1, 0.15) is 38.8 Å². The molecule has 1 fully saturated rings. The van der Waals surface area contributed by atoms with Gasteiger partial charge in [-0.2, -0.15) is 13.2 Å². The Morgan fingerprint density at radius 3 is 2.53 bits per heavy atom. The van der Waals surface area contributed by atoms with Crippen molar-refractivity contribution in [2.75, 3.05) is 45.2 Å². The van der Waals surface area contributed by atoms with Gasteiger partial charge in [0.1, 0.15) is 16.3 Å². The molecule has 0 unspecified atom stereocenters. The fraction of sp³-hybridized carbons (Fsp3) is 0.360. The van der Waals surface area contributed by atoms with Gasteiger partial charge in [-0.1, -0.05) is 6.07 Å². The van der Waals surface area contributed by atoms with Crippen molar-refractivity contribution < 1.29 is 32.6 Å². The third-order valence-corrected chi connectivity index (χ3v) is 7.25. The van der Waals surface area contributed by atoms with E-state index in [9.17, 15) is 27.9 Å². The van der Waals surface area contributed by atoms with Crippen LogP contribution in [0.5, 0.6) is 5.75 Å². The van der Waals surface area contributed by atoms with Gasteiger partial charge >= 0.3 is 12.1 Å². The summed E-state index contributed by atoms with van der Waals surface area (Å²) in [5, 5.41) is 13.9. The van der Waals surface area contributed by atoms with Crippen molar-refractivity contribution in [1.82, 2.24) is 9.80 Å². The molecule has 4 rings (SSSR count). The quantitative estimate of drug-likeness (QED) is 0.454. The second-order valence-corrected chi connectivity index (χ2v) is 9.60. The second-order valence-electron chi connectivity index (χ2n) is 8.58. The number of piperazine rings is 1. The van der Waals surface area contributed by atoms with Crippen LogP contribution >= 0.6 is 11.3 Å². The Bertz CT molecular complexity index is 1280. The van der Waals surface area contributed by atoms with E-state index < -0.39 is 23.6 Å². The number of rotatable bonds is 6. The summed E-state index contributed by atoms with van der Waals surface area (Å²) in [6, 6.07) is 7.15. The first-order valence-corrected chi connectivity index (χ1v) is 12.2. The lowest BCUT2D eigenvalue weighted by Crippen LogP contribution is -2.43. The number of anilines is 1. The van der Waals surface area contributed by atoms with Gasteiger partial charge in [-0.05, 0) is 44.3 Å². The molecule has 0 saturated carbocycles. The van der Waals surface area contributed by atoms with Gasteiger partial charge in [-0.15, -0.1) is 11.3 Å². The minimum absolute atomic E-state index is 0.0637. The average Bonchev–Trinajstić information content (AvgIpc) is 3.20. The number of benzene rings is 2. The maximum atomic E-state index is 13.1. The third kappa shape index (κ3) is 5.48. The highest BCUT2D eigenvalue weighted by Gasteiger charge is 2.31. The van der Waals surface area contributed by atoms with Crippen LogP contribution in [0.25, 0.3) is 10.1 Å². The van der Waals surface area contributed by atoms with Crippen LogP contribution in [0.2, 0.25) is 0 Å². The molecule has 1 aromatic heterocycles. The number of likely N-dealkylation sites (N-methyl/N-ethyl adjacent to an activating group) is 1. The molecule has 7 nitrogen and oxygen atoms in total. The number of fused-ring (bicyclic) bond motifs is 1. The molecule has 36 heavy (non-hydrogen) atoms. The number of nitrogens with zero attached hydrogens (tertiary/aromatic N) is 2. The Hall–Kier alpha value is -3.15. The van der Waals surface area contributed by atoms with Crippen molar-refractivity contribution in [3.8, 4) is 5.75 Å². The van der Waals surface area contributed by atoms with Gasteiger partial charge in [-0.3, -0.25) is 9.69 Å². The number of phenols is 1. The summed E-state index contributed by atoms with van der Waals surface area (Å²) in [6.07, 6.45) is -4.60. The predicted molar refractivity (Wildman–Crippen MR) is 132 cm³/mol. The highest BCUT2D eigenvalue weighted by Crippen LogP contribution is 2.42. The summed E-state index contributed by atoms with van der Waals surface area (Å²) in [5.74, 6) is -1.39. The smallest absolute Gasteiger partial charge is 0.416 e. The Labute approximate surface area is 210 Å². The highest BCUT2D eigenvalue weighted by molar-refractivity contribution is 7.23. The lowest BCUT2D eigenvalue weighted by atomic mass is 10.1. The van der Waals surface area contributed by atoms with Crippen molar-refractivity contribution in [2.24, 2.45) is 0 Å². The molecule has 2 N–H and O–H groups in total. The number of carbonyl (C=O) groups excluding carboxylic acids is 2. The number of carbonyl (C=O) groups is 2. The number of ether oxygens (including phenoxy) is 1. The molecule has 0 bridgehead atoms. The number of esters is 1. The summed E-state index contributed by atoms with van der Waals surface area (Å²) in [6.45, 7) is 5.58. The largest absolute Gasteiger partial charge is 0.508 e. The fourth-order valence-corrected chi connectivity index (χ4v) is 5.31. The molecule has 1 saturated heterocycles. The molecule has 0 spiro atoms. The molecule has 0 radical (unpaired) electrons. The average molecular weight is 522 g/mol. The van der Waals surface area contributed by atoms with Gasteiger partial charge in [0.05, 0.1) is 12.2 Å². The first kappa shape index (κ1) is 25.9. The van der Waals surface area contributed by atoms with E-state index in [0.29, 0.717) is 22.2 Å². The molecule has 3 aromatic rings. The van der Waals surface area contributed by atoms with Crippen LogP contribution in [-0.2, 0) is 17.5 Å². The number of aromatic hydroxyl groups is 1. The van der Waals surface area contributed by atoms with Crippen molar-refractivity contribution >= 4 is 38.3 Å². The summed E-state index contributed by atoms with van der Waals surface area (Å²) >= 11 is 1.09. The number of halogens is 3. The number of alkyl halides is 3. The fourth-order valence-electron chi connectivity index (χ4n) is 4.09. The van der Waals surface area contributed by atoms with Gasteiger partial charge in [-0.25, -0.2) is 4.79 Å². The standard InChI is InChI=1S/C25H26F3N3O4S/c1-3-35-24(34)20-17-7-8-19(32)18(14-31-11-9-30(2)10-12-31)21(17)36-23(20)29-22(33)15-5-4-6-16(13-15)25(26,27)28/h4-8,13,32H,3,9-12,14H2,1-2H3,(H,29,33). The number of nitrogens with one attached hydrogen (secondary N) is 1. The van der Waals surface area contributed by atoms with E-state index >= 15 is 0 Å². The van der Waals surface area contributed by atoms with Crippen LogP contribution in [0.15, 0.2) is 36.4 Å². The van der Waals surface area contributed by atoms with Gasteiger partial charge in [0, 0.05) is 53.9 Å². The first-order chi connectivity index (χ1) is 17.1. The Balaban J connectivity index is 1.73. The van der Waals surface area contributed by atoms with E-state index in [4.69, 9.17) is 4.74 Å². The molecular weight excluding hydrogens is 495 g/mol. The lowest BCUT2D eigenvalue weighted by Gasteiger charge is -2.32. The normalized spacial score (nSPS) is 15.2. The number of hydrogen-bond donors (Lipinski definition) is 2. The molecule has 1 aliphatic heterocycles. The van der Waals surface area contributed by atoms with E-state index in [2.05, 4.69) is 15.1 Å². The SMILES string of the molecule is CCOC(=O)c1c(NC(=O)c2cccc(C(F)(F)F)c2)sc2c(CN3CCN(C)CC3)c(O)ccc12. The summed E-state index contributed by atoms with van der Waals surface area (Å²) < 4.78 is 45.2. The molecule has 1 amide bonds. The topological polar surface area (TPSA) is 82.1 Å². The number of phenolic OH excluding ortho intramolecular Hbond substituents is 1. The van der Waals surface area contributed by atoms with Crippen LogP contribution < -0.4 is 5.32 Å². The lowest BCUT2D eigenvalue weighted by molar-refractivity contribution is -0.137. The minimum atomic E-state index is -4.60. The Kier molecular flexibility index (Phi) is 7.53. The summed E-state index contributed by atoms with van der Waals surface area (Å²) in [4.78, 5) is 30.2. The van der Waals surface area contributed by atoms with Crippen molar-refractivity contribution in [3.63, 3.8) is 0 Å². The van der Waals surface area contributed by atoms with Crippen LogP contribution in [-0.4, -0.2) is 66.6 Å². The molecule has 192 valence electrons. The Morgan fingerprint density at radius 2 is 1.86 bits per heavy atom. The maximum absolute atomic E-state index is 13.1. The van der Waals surface area contributed by atoms with E-state index in [0.717, 1.165) is 55.7 Å². The molecular formula is C25H26F3N3O4S. The molecule has 1 aliphatic rings. The van der Waals surface area contributed by atoms with Gasteiger partial charge in [0.15, 0.2) is 0 Å². The van der Waals surface area contributed by atoms with Gasteiger partial charge < -0.3 is 20.1 Å². The highest BCUT2D eigenvalue weighted by atomic mass is 32.1. The van der Waals surface area contributed by atoms with Crippen molar-refractivity contribution in [3.05, 3.63) is 58.7 Å². The zero-order valence-corrected chi connectivity index (χ0v) is 20.6. The summed E-state index contributed by atoms with van der Waals surface area (Å²) in [5.41, 5.74) is -0.418. The van der Waals surface area contributed by atoms with Crippen molar-refractivity contribution in [1.29, 1.82) is 0 Å². The maximum Gasteiger partial charge on any atom is 0.416 e. The minimum Gasteiger partial charge on any atom is -0.508 e. The Morgan fingerprint density at radius 1 is 1.14 bits per heavy atom. The molecule has 2 aromatic carbocycles. The van der Waals surface area contributed by atoms with E-state index in [1.807, 2.05) is 7.05 Å². The van der Waals surface area contributed by atoms with E-state index in [1.54, 1.807) is 13.0 Å². The second kappa shape index (κ2) is 10.5. The number of amides is 1. The van der Waals surface area contributed by atoms with Crippen LogP contribution in [0.3, 0.4) is 0 Å². The van der Waals surface area contributed by atoms with Gasteiger partial charge in [0.2, 0.25) is 0 Å². The first-order valence-electron chi connectivity index (χ1n) is 11.4. The third-order valence-electron chi connectivity index (χ3n) is 6.07. The molecule has 2 heterocycles. The zero-order valence-electron chi connectivity index (χ0n) is 19.8. The summed E-state index contributed by atoms with van der Waals surface area (Å²) in [7, 11) is 2.04. The molecule has 11 heteroatoms.